The van der Waals surface area contributed by atoms with Crippen LogP contribution in [-0.4, -0.2) is 18.6 Å². The minimum absolute atomic E-state index is 0.0222. The number of hydrogen-bond acceptors (Lipinski definition) is 4. The molecule has 0 amide bonds. The maximum absolute atomic E-state index is 13.0. The van der Waals surface area contributed by atoms with Crippen molar-refractivity contribution in [3.63, 3.8) is 0 Å². The highest BCUT2D eigenvalue weighted by Crippen LogP contribution is 2.26. The van der Waals surface area contributed by atoms with Gasteiger partial charge in [0.1, 0.15) is 11.5 Å². The minimum Gasteiger partial charge on any atom is -0.377 e. The molecular weight excluding hydrogens is 287 g/mol. The van der Waals surface area contributed by atoms with E-state index in [-0.39, 0.29) is 17.6 Å². The number of rotatable bonds is 6. The van der Waals surface area contributed by atoms with Crippen LogP contribution in [0.25, 0.3) is 0 Å². The second-order valence-corrected chi connectivity index (χ2v) is 4.93. The van der Waals surface area contributed by atoms with Gasteiger partial charge < -0.3 is 10.1 Å². The molecule has 116 valence electrons. The first-order valence-corrected chi connectivity index (χ1v) is 6.78. The molecule has 0 spiro atoms. The van der Waals surface area contributed by atoms with Crippen LogP contribution in [0.2, 0.25) is 0 Å². The molecule has 0 fully saturated rings. The van der Waals surface area contributed by atoms with E-state index in [1.54, 1.807) is 38.3 Å². The van der Waals surface area contributed by atoms with E-state index < -0.39 is 4.92 Å². The molecule has 0 bridgehead atoms. The van der Waals surface area contributed by atoms with E-state index in [4.69, 9.17) is 4.74 Å². The smallest absolute Gasteiger partial charge is 0.292 e. The fraction of sp³-hybridized carbons (Fsp3) is 0.250. The van der Waals surface area contributed by atoms with Gasteiger partial charge in [-0.25, -0.2) is 4.39 Å². The Balaban J connectivity index is 2.14. The standard InChI is InChI=1S/C16H17FN2O3/c1-11-3-8-14(15(9-11)19(20)21)18-10-16(22-2)12-4-6-13(17)7-5-12/h3-9,16,18H,10H2,1-2H3. The van der Waals surface area contributed by atoms with Crippen LogP contribution in [0.3, 0.4) is 0 Å². The van der Waals surface area contributed by atoms with Crippen LogP contribution in [0.4, 0.5) is 15.8 Å². The van der Waals surface area contributed by atoms with Gasteiger partial charge in [0.25, 0.3) is 5.69 Å². The lowest BCUT2D eigenvalue weighted by molar-refractivity contribution is -0.384. The molecule has 0 saturated carbocycles. The summed E-state index contributed by atoms with van der Waals surface area (Å²) in [6.07, 6.45) is -0.332. The Morgan fingerprint density at radius 3 is 2.55 bits per heavy atom. The highest BCUT2D eigenvalue weighted by molar-refractivity contribution is 5.62. The molecule has 1 N–H and O–H groups in total. The van der Waals surface area contributed by atoms with Gasteiger partial charge in [-0.2, -0.15) is 0 Å². The molecule has 2 aromatic carbocycles. The summed E-state index contributed by atoms with van der Waals surface area (Å²) in [7, 11) is 1.54. The van der Waals surface area contributed by atoms with Gasteiger partial charge in [-0.05, 0) is 36.2 Å². The van der Waals surface area contributed by atoms with Crippen LogP contribution in [0, 0.1) is 22.9 Å². The van der Waals surface area contributed by atoms with Crippen molar-refractivity contribution in [1.29, 1.82) is 0 Å². The normalized spacial score (nSPS) is 12.0. The van der Waals surface area contributed by atoms with Gasteiger partial charge in [0.05, 0.1) is 11.0 Å². The first-order valence-electron chi connectivity index (χ1n) is 6.78. The van der Waals surface area contributed by atoms with Gasteiger partial charge in [0.15, 0.2) is 0 Å². The number of halogens is 1. The molecule has 0 aromatic heterocycles. The number of anilines is 1. The molecule has 5 nitrogen and oxygen atoms in total. The number of nitrogens with zero attached hydrogens (tertiary/aromatic N) is 1. The largest absolute Gasteiger partial charge is 0.377 e. The van der Waals surface area contributed by atoms with E-state index in [1.807, 2.05) is 0 Å². The third kappa shape index (κ3) is 3.79. The maximum atomic E-state index is 13.0. The summed E-state index contributed by atoms with van der Waals surface area (Å²) in [5.74, 6) is -0.319. The van der Waals surface area contributed by atoms with Gasteiger partial charge in [0.2, 0.25) is 0 Å². The van der Waals surface area contributed by atoms with Crippen molar-refractivity contribution < 1.29 is 14.1 Å². The van der Waals surface area contributed by atoms with E-state index in [0.29, 0.717) is 12.2 Å². The molecule has 0 heterocycles. The SMILES string of the molecule is COC(CNc1ccc(C)cc1[N+](=O)[O-])c1ccc(F)cc1. The van der Waals surface area contributed by atoms with Crippen molar-refractivity contribution in [1.82, 2.24) is 0 Å². The third-order valence-electron chi connectivity index (χ3n) is 3.35. The summed E-state index contributed by atoms with van der Waals surface area (Å²) in [5, 5.41) is 14.1. The Kier molecular flexibility index (Phi) is 5.06. The van der Waals surface area contributed by atoms with E-state index in [0.717, 1.165) is 11.1 Å². The second-order valence-electron chi connectivity index (χ2n) is 4.93. The molecule has 0 aliphatic heterocycles. The van der Waals surface area contributed by atoms with Crippen molar-refractivity contribution >= 4 is 11.4 Å². The van der Waals surface area contributed by atoms with Crippen molar-refractivity contribution in [2.75, 3.05) is 19.0 Å². The Bertz CT molecular complexity index is 659. The Labute approximate surface area is 127 Å². The molecule has 2 aromatic rings. The molecule has 1 unspecified atom stereocenters. The second kappa shape index (κ2) is 7.00. The molecule has 2 rings (SSSR count). The van der Waals surface area contributed by atoms with Crippen LogP contribution in [-0.2, 0) is 4.74 Å². The lowest BCUT2D eigenvalue weighted by atomic mass is 10.1. The van der Waals surface area contributed by atoms with E-state index in [2.05, 4.69) is 5.32 Å². The number of nitro groups is 1. The highest BCUT2D eigenvalue weighted by atomic mass is 19.1. The van der Waals surface area contributed by atoms with Gasteiger partial charge >= 0.3 is 0 Å². The number of benzene rings is 2. The minimum atomic E-state index is -0.422. The Morgan fingerprint density at radius 1 is 1.27 bits per heavy atom. The first-order chi connectivity index (χ1) is 10.5. The summed E-state index contributed by atoms with van der Waals surface area (Å²) in [6, 6.07) is 11.0. The molecule has 1 atom stereocenters. The molecular formula is C16H17FN2O3. The van der Waals surface area contributed by atoms with Crippen LogP contribution >= 0.6 is 0 Å². The van der Waals surface area contributed by atoms with E-state index in [1.165, 1.54) is 18.2 Å². The molecule has 22 heavy (non-hydrogen) atoms. The van der Waals surface area contributed by atoms with Crippen LogP contribution in [0.1, 0.15) is 17.2 Å². The molecule has 0 aliphatic rings. The fourth-order valence-corrected chi connectivity index (χ4v) is 2.16. The summed E-state index contributed by atoms with van der Waals surface area (Å²) in [5.41, 5.74) is 2.07. The molecule has 6 heteroatoms. The monoisotopic (exact) mass is 304 g/mol. The number of ether oxygens (including phenoxy) is 1. The van der Waals surface area contributed by atoms with Gasteiger partial charge in [-0.1, -0.05) is 18.2 Å². The van der Waals surface area contributed by atoms with Gasteiger partial charge in [-0.15, -0.1) is 0 Å². The van der Waals surface area contributed by atoms with Gasteiger partial charge in [-0.3, -0.25) is 10.1 Å². The van der Waals surface area contributed by atoms with E-state index in [9.17, 15) is 14.5 Å². The van der Waals surface area contributed by atoms with Crippen molar-refractivity contribution in [3.05, 3.63) is 69.5 Å². The average molecular weight is 304 g/mol. The fourth-order valence-electron chi connectivity index (χ4n) is 2.16. The Morgan fingerprint density at radius 2 is 1.95 bits per heavy atom. The van der Waals surface area contributed by atoms with Crippen molar-refractivity contribution in [2.24, 2.45) is 0 Å². The van der Waals surface area contributed by atoms with Crippen molar-refractivity contribution in [2.45, 2.75) is 13.0 Å². The van der Waals surface area contributed by atoms with Gasteiger partial charge in [0, 0.05) is 19.7 Å². The number of hydrogen-bond donors (Lipinski definition) is 1. The molecule has 0 aliphatic carbocycles. The lowest BCUT2D eigenvalue weighted by Gasteiger charge is -2.17. The maximum Gasteiger partial charge on any atom is 0.292 e. The summed E-state index contributed by atoms with van der Waals surface area (Å²) >= 11 is 0. The van der Waals surface area contributed by atoms with Crippen LogP contribution in [0.15, 0.2) is 42.5 Å². The van der Waals surface area contributed by atoms with Crippen LogP contribution in [0.5, 0.6) is 0 Å². The predicted octanol–water partition coefficient (Wildman–Crippen LogP) is 3.84. The van der Waals surface area contributed by atoms with Crippen LogP contribution < -0.4 is 5.32 Å². The number of nitro benzene ring substituents is 1. The zero-order chi connectivity index (χ0) is 16.1. The molecule has 0 saturated heterocycles. The third-order valence-corrected chi connectivity index (χ3v) is 3.35. The zero-order valence-electron chi connectivity index (χ0n) is 12.4. The number of aryl methyl sites for hydroxylation is 1. The summed E-state index contributed by atoms with van der Waals surface area (Å²) in [6.45, 7) is 2.14. The quantitative estimate of drug-likeness (QED) is 0.650. The number of nitrogens with one attached hydrogen (secondary N) is 1. The Hall–Kier alpha value is -2.47. The highest BCUT2D eigenvalue weighted by Gasteiger charge is 2.16. The lowest BCUT2D eigenvalue weighted by Crippen LogP contribution is -2.15. The zero-order valence-corrected chi connectivity index (χ0v) is 12.4. The van der Waals surface area contributed by atoms with Crippen molar-refractivity contribution in [3.8, 4) is 0 Å². The average Bonchev–Trinajstić information content (AvgIpc) is 2.50. The number of methoxy groups -OCH3 is 1. The van der Waals surface area contributed by atoms with E-state index >= 15 is 0 Å². The molecule has 0 radical (unpaired) electrons. The predicted molar refractivity (Wildman–Crippen MR) is 82.5 cm³/mol. The summed E-state index contributed by atoms with van der Waals surface area (Å²) < 4.78 is 18.3. The first kappa shape index (κ1) is 15.9. The summed E-state index contributed by atoms with van der Waals surface area (Å²) in [4.78, 5) is 10.7. The topological polar surface area (TPSA) is 64.4 Å².